The lowest BCUT2D eigenvalue weighted by atomic mass is 10.2. The molecule has 0 saturated carbocycles. The second-order valence-electron chi connectivity index (χ2n) is 13.9. The lowest BCUT2D eigenvalue weighted by Crippen LogP contribution is -2.12. The highest BCUT2D eigenvalue weighted by Gasteiger charge is 2.33. The molecule has 0 N–H and O–H groups in total. The lowest BCUT2D eigenvalue weighted by Gasteiger charge is -2.22. The number of rotatable bonds is 17. The van der Waals surface area contributed by atoms with Gasteiger partial charge in [0.1, 0.15) is 17.2 Å². The van der Waals surface area contributed by atoms with E-state index in [0.29, 0.717) is 0 Å². The molecule has 0 bridgehead atoms. The molecule has 374 valence electrons. The molecule has 0 amide bonds. The van der Waals surface area contributed by atoms with Crippen molar-refractivity contribution in [1.29, 1.82) is 0 Å². The van der Waals surface area contributed by atoms with Crippen molar-refractivity contribution in [2.75, 3.05) is 0 Å². The maximum atomic E-state index is 13.0. The van der Waals surface area contributed by atoms with Gasteiger partial charge in [-0.2, -0.15) is 0 Å². The van der Waals surface area contributed by atoms with Crippen molar-refractivity contribution >= 4 is 65.7 Å². The maximum Gasteiger partial charge on any atom is 0.308 e. The van der Waals surface area contributed by atoms with Crippen LogP contribution in [0.4, 0.5) is 0 Å². The molecule has 4 aromatic rings. The summed E-state index contributed by atoms with van der Waals surface area (Å²) in [5.74, 6) is -21.7. The Bertz CT molecular complexity index is 2820. The van der Waals surface area contributed by atoms with E-state index < -0.39 is 158 Å². The summed E-state index contributed by atoms with van der Waals surface area (Å²) in [6.07, 6.45) is 0. The van der Waals surface area contributed by atoms with E-state index in [4.69, 9.17) is 66.3 Å². The van der Waals surface area contributed by atoms with Crippen LogP contribution < -0.4 is 66.3 Å². The van der Waals surface area contributed by atoms with Crippen molar-refractivity contribution in [3.05, 3.63) is 42.5 Å². The summed E-state index contributed by atoms with van der Waals surface area (Å²) in [7, 11) is 0. The molecule has 0 aliphatic heterocycles. The molecule has 25 nitrogen and oxygen atoms in total. The van der Waals surface area contributed by atoms with E-state index in [0.717, 1.165) is 119 Å². The van der Waals surface area contributed by atoms with Crippen LogP contribution in [0, 0.1) is 0 Å². The van der Waals surface area contributed by atoms with Crippen LogP contribution >= 0.6 is 0 Å². The van der Waals surface area contributed by atoms with E-state index in [9.17, 15) is 52.7 Å². The third-order valence-corrected chi connectivity index (χ3v) is 7.53. The monoisotopic (exact) mass is 992 g/mol. The third kappa shape index (κ3) is 15.8. The highest BCUT2D eigenvalue weighted by Crippen LogP contribution is 2.57. The Hall–Kier alpha value is -9.55. The molecule has 4 rings (SSSR count). The fourth-order valence-electron chi connectivity index (χ4n) is 5.63. The molecule has 0 spiro atoms. The number of esters is 11. The molecular weight excluding hydrogens is 952 g/mol. The minimum atomic E-state index is -1.16. The second kappa shape index (κ2) is 23.5. The number of hydrogen-bond acceptors (Lipinski definition) is 25. The van der Waals surface area contributed by atoms with E-state index in [1.54, 1.807) is 0 Å². The molecule has 71 heavy (non-hydrogen) atoms. The van der Waals surface area contributed by atoms with Gasteiger partial charge in [-0.3, -0.25) is 52.7 Å². The van der Waals surface area contributed by atoms with Gasteiger partial charge in [-0.15, -0.1) is 0 Å². The Morgan fingerprint density at radius 2 is 0.437 bits per heavy atom. The van der Waals surface area contributed by atoms with Gasteiger partial charge < -0.3 is 66.3 Å². The molecular formula is C46H40O25. The molecule has 0 unspecified atom stereocenters. The largest absolute Gasteiger partial charge is 0.449 e. The van der Waals surface area contributed by atoms with Crippen LogP contribution in [0.3, 0.4) is 0 Å². The maximum absolute atomic E-state index is 13.0. The van der Waals surface area contributed by atoms with Crippen LogP contribution in [-0.2, 0) is 52.7 Å². The molecule has 4 aromatic carbocycles. The quantitative estimate of drug-likeness (QED) is 0.0834. The zero-order valence-corrected chi connectivity index (χ0v) is 39.2. The molecule has 0 fully saturated rings. The molecule has 0 heterocycles. The predicted octanol–water partition coefficient (Wildman–Crippen LogP) is 6.24. The Balaban J connectivity index is 2.18. The van der Waals surface area contributed by atoms with Crippen LogP contribution in [0.2, 0.25) is 0 Å². The van der Waals surface area contributed by atoms with Crippen LogP contribution in [0.25, 0.3) is 0 Å². The van der Waals surface area contributed by atoms with Gasteiger partial charge in [0.15, 0.2) is 46.0 Å². The first kappa shape index (κ1) is 54.1. The molecule has 0 radical (unpaired) electrons. The van der Waals surface area contributed by atoms with E-state index in [2.05, 4.69) is 0 Å². The van der Waals surface area contributed by atoms with E-state index in [1.165, 1.54) is 0 Å². The Morgan fingerprint density at radius 1 is 0.211 bits per heavy atom. The smallest absolute Gasteiger partial charge is 0.308 e. The fraction of sp³-hybridized carbons (Fsp3) is 0.239. The summed E-state index contributed by atoms with van der Waals surface area (Å²) in [5.41, 5.74) is 0. The normalized spacial score (nSPS) is 10.2. The highest BCUT2D eigenvalue weighted by atomic mass is 16.6. The first-order valence-electron chi connectivity index (χ1n) is 20.0. The highest BCUT2D eigenvalue weighted by molar-refractivity contribution is 5.83. The van der Waals surface area contributed by atoms with Crippen LogP contribution in [0.1, 0.15) is 76.2 Å². The third-order valence-electron chi connectivity index (χ3n) is 7.53. The molecule has 25 heteroatoms. The molecule has 0 atom stereocenters. The summed E-state index contributed by atoms with van der Waals surface area (Å²) >= 11 is 0. The average molecular weight is 993 g/mol. The molecule has 0 aromatic heterocycles. The standard InChI is InChI=1S/C46H40O25/c1-19(47)58-30-12-36(62-23(5)51)43(37(13-30)63-24(6)52)69-31-14-35(61-22(4)50)42(67-28(10)56)38(17-31)71-45-40(65-26(8)54)18-39(64-25(7)53)44(46(45)68-29(11)57)70-32-15-33(59-20(2)48)41(66-27(9)55)34(16-32)60-21(3)49/h12-18H,1-11H3. The van der Waals surface area contributed by atoms with Gasteiger partial charge >= 0.3 is 65.7 Å². The van der Waals surface area contributed by atoms with Crippen molar-refractivity contribution in [2.24, 2.45) is 0 Å². The number of ether oxygens (including phenoxy) is 14. The topological polar surface area (TPSA) is 317 Å². The zero-order chi connectivity index (χ0) is 53.0. The van der Waals surface area contributed by atoms with Gasteiger partial charge in [-0.05, 0) is 0 Å². The van der Waals surface area contributed by atoms with Crippen molar-refractivity contribution < 1.29 is 119 Å². The second-order valence-corrected chi connectivity index (χ2v) is 13.9. The first-order chi connectivity index (χ1) is 33.2. The Kier molecular flexibility index (Phi) is 17.9. The van der Waals surface area contributed by atoms with Crippen molar-refractivity contribution in [2.45, 2.75) is 76.2 Å². The van der Waals surface area contributed by atoms with Gasteiger partial charge in [0, 0.05) is 119 Å². The SMILES string of the molecule is CC(=O)Oc1cc(OC(C)=O)c(Oc2cc(OC(C)=O)c(OC(C)=O)c(Oc3c(OC(C)=O)cc(OC(C)=O)c(Oc4cc(OC(C)=O)c(OC(C)=O)c(OC(C)=O)c4)c3OC(C)=O)c2)c(OC(C)=O)c1. The summed E-state index contributed by atoms with van der Waals surface area (Å²) in [4.78, 5) is 136. The summed E-state index contributed by atoms with van der Waals surface area (Å²) < 4.78 is 76.8. The Morgan fingerprint density at radius 3 is 0.761 bits per heavy atom. The Labute approximate surface area is 400 Å². The van der Waals surface area contributed by atoms with E-state index in [1.807, 2.05) is 0 Å². The number of benzene rings is 4. The van der Waals surface area contributed by atoms with Crippen molar-refractivity contribution in [3.8, 4) is 97.7 Å². The van der Waals surface area contributed by atoms with Gasteiger partial charge in [-0.25, -0.2) is 0 Å². The number of carbonyl (C=O) groups excluding carboxylic acids is 11. The summed E-state index contributed by atoms with van der Waals surface area (Å²) in [6.45, 7) is 10.6. The number of hydrogen-bond donors (Lipinski definition) is 0. The van der Waals surface area contributed by atoms with E-state index in [-0.39, 0.29) is 5.75 Å². The summed E-state index contributed by atoms with van der Waals surface area (Å²) in [5, 5.41) is 0. The summed E-state index contributed by atoms with van der Waals surface area (Å²) in [6, 6.07) is 6.58. The average Bonchev–Trinajstić information content (AvgIpc) is 3.19. The van der Waals surface area contributed by atoms with Crippen molar-refractivity contribution in [3.63, 3.8) is 0 Å². The predicted molar refractivity (Wildman–Crippen MR) is 230 cm³/mol. The fourth-order valence-corrected chi connectivity index (χ4v) is 5.63. The van der Waals surface area contributed by atoms with Gasteiger partial charge in [-0.1, -0.05) is 0 Å². The van der Waals surface area contributed by atoms with Gasteiger partial charge in [0.2, 0.25) is 34.5 Å². The number of carbonyl (C=O) groups is 11. The van der Waals surface area contributed by atoms with Gasteiger partial charge in [0.25, 0.3) is 0 Å². The minimum Gasteiger partial charge on any atom is -0.449 e. The van der Waals surface area contributed by atoms with E-state index >= 15 is 0 Å². The molecule has 0 aliphatic carbocycles. The van der Waals surface area contributed by atoms with Crippen LogP contribution in [0.15, 0.2) is 42.5 Å². The van der Waals surface area contributed by atoms with Crippen LogP contribution in [-0.4, -0.2) is 65.7 Å². The zero-order valence-electron chi connectivity index (χ0n) is 39.2. The molecule has 0 saturated heterocycles. The minimum absolute atomic E-state index is 0.288. The van der Waals surface area contributed by atoms with Gasteiger partial charge in [0.05, 0.1) is 0 Å². The lowest BCUT2D eigenvalue weighted by molar-refractivity contribution is -0.135. The van der Waals surface area contributed by atoms with Crippen LogP contribution in [0.5, 0.6) is 97.7 Å². The van der Waals surface area contributed by atoms with Crippen molar-refractivity contribution in [1.82, 2.24) is 0 Å². The molecule has 0 aliphatic rings. The first-order valence-corrected chi connectivity index (χ1v) is 20.0.